The van der Waals surface area contributed by atoms with Gasteiger partial charge in [0.1, 0.15) is 11.8 Å². The molecule has 0 fully saturated rings. The number of rotatable bonds is 7. The molecule has 2 rings (SSSR count). The van der Waals surface area contributed by atoms with Crippen LogP contribution in [0.5, 0.6) is 0 Å². The lowest BCUT2D eigenvalue weighted by Crippen LogP contribution is -2.44. The zero-order valence-electron chi connectivity index (χ0n) is 13.1. The zero-order valence-corrected chi connectivity index (χ0v) is 14.6. The Kier molecular flexibility index (Phi) is 6.17. The van der Waals surface area contributed by atoms with E-state index in [-0.39, 0.29) is 11.3 Å². The van der Waals surface area contributed by atoms with Crippen molar-refractivity contribution in [2.24, 2.45) is 0 Å². The van der Waals surface area contributed by atoms with Gasteiger partial charge in [-0.25, -0.2) is 13.2 Å². The minimum atomic E-state index is -3.83. The van der Waals surface area contributed by atoms with Crippen molar-refractivity contribution in [3.63, 3.8) is 0 Å². The second kappa shape index (κ2) is 8.13. The molecule has 0 saturated carbocycles. The first kappa shape index (κ1) is 19.0. The van der Waals surface area contributed by atoms with Crippen LogP contribution >= 0.6 is 11.6 Å². The molecule has 0 aliphatic heterocycles. The highest BCUT2D eigenvalue weighted by atomic mass is 35.5. The maximum Gasteiger partial charge on any atom is 0.326 e. The molecule has 25 heavy (non-hydrogen) atoms. The van der Waals surface area contributed by atoms with Crippen molar-refractivity contribution in [1.82, 2.24) is 5.32 Å². The lowest BCUT2D eigenvalue weighted by Gasteiger charge is -2.15. The van der Waals surface area contributed by atoms with Crippen molar-refractivity contribution in [2.75, 3.05) is 5.75 Å². The molecule has 0 bridgehead atoms. The SMILES string of the molecule is O=C(CS(=O)(=O)c1ccccc1)N[C@@H](Cc1ccc(Cl)cc1)C(=O)O. The molecule has 0 heterocycles. The molecule has 0 aliphatic rings. The molecular weight excluding hydrogens is 366 g/mol. The maximum absolute atomic E-state index is 12.2. The molecule has 0 unspecified atom stereocenters. The summed E-state index contributed by atoms with van der Waals surface area (Å²) in [5.74, 6) is -2.94. The van der Waals surface area contributed by atoms with E-state index < -0.39 is 33.5 Å². The highest BCUT2D eigenvalue weighted by molar-refractivity contribution is 7.92. The Morgan fingerprint density at radius 2 is 1.64 bits per heavy atom. The summed E-state index contributed by atoms with van der Waals surface area (Å²) in [4.78, 5) is 23.4. The summed E-state index contributed by atoms with van der Waals surface area (Å²) in [5.41, 5.74) is 0.656. The van der Waals surface area contributed by atoms with Gasteiger partial charge < -0.3 is 10.4 Å². The zero-order chi connectivity index (χ0) is 18.4. The first-order valence-electron chi connectivity index (χ1n) is 7.32. The van der Waals surface area contributed by atoms with Gasteiger partial charge in [0.25, 0.3) is 0 Å². The first-order valence-corrected chi connectivity index (χ1v) is 9.35. The lowest BCUT2D eigenvalue weighted by atomic mass is 10.1. The summed E-state index contributed by atoms with van der Waals surface area (Å²) < 4.78 is 24.3. The summed E-state index contributed by atoms with van der Waals surface area (Å²) >= 11 is 5.77. The van der Waals surface area contributed by atoms with Crippen LogP contribution in [0.1, 0.15) is 5.56 Å². The van der Waals surface area contributed by atoms with E-state index in [0.29, 0.717) is 10.6 Å². The van der Waals surface area contributed by atoms with Crippen LogP contribution in [-0.2, 0) is 25.8 Å². The molecule has 2 aromatic carbocycles. The van der Waals surface area contributed by atoms with Crippen LogP contribution in [-0.4, -0.2) is 37.2 Å². The molecule has 0 aliphatic carbocycles. The van der Waals surface area contributed by atoms with Gasteiger partial charge in [0.15, 0.2) is 9.84 Å². The molecule has 2 N–H and O–H groups in total. The number of aliphatic carboxylic acids is 1. The van der Waals surface area contributed by atoms with Crippen molar-refractivity contribution in [1.29, 1.82) is 0 Å². The molecular formula is C17H16ClNO5S. The van der Waals surface area contributed by atoms with Gasteiger partial charge in [0.05, 0.1) is 4.90 Å². The Bertz CT molecular complexity index is 850. The van der Waals surface area contributed by atoms with Crippen LogP contribution in [0.3, 0.4) is 0 Å². The van der Waals surface area contributed by atoms with E-state index in [0.717, 1.165) is 0 Å². The number of carboxylic acid groups (broad SMARTS) is 1. The molecule has 0 saturated heterocycles. The summed E-state index contributed by atoms with van der Waals surface area (Å²) in [5, 5.41) is 12.0. The predicted molar refractivity (Wildman–Crippen MR) is 93.2 cm³/mol. The van der Waals surface area contributed by atoms with E-state index in [4.69, 9.17) is 11.6 Å². The van der Waals surface area contributed by atoms with E-state index >= 15 is 0 Å². The van der Waals surface area contributed by atoms with E-state index in [1.54, 1.807) is 42.5 Å². The molecule has 0 radical (unpaired) electrons. The molecule has 0 spiro atoms. The molecule has 1 atom stereocenters. The average Bonchev–Trinajstić information content (AvgIpc) is 2.56. The second-order valence-electron chi connectivity index (χ2n) is 5.36. The van der Waals surface area contributed by atoms with E-state index in [1.807, 2.05) is 0 Å². The number of halogens is 1. The Balaban J connectivity index is 2.05. The average molecular weight is 382 g/mol. The number of sulfone groups is 1. The van der Waals surface area contributed by atoms with Gasteiger partial charge in [-0.05, 0) is 29.8 Å². The fourth-order valence-corrected chi connectivity index (χ4v) is 3.47. The van der Waals surface area contributed by atoms with Crippen molar-refractivity contribution in [3.8, 4) is 0 Å². The molecule has 8 heteroatoms. The van der Waals surface area contributed by atoms with Crippen LogP contribution in [0.2, 0.25) is 5.02 Å². The van der Waals surface area contributed by atoms with Crippen LogP contribution in [0.15, 0.2) is 59.5 Å². The summed E-state index contributed by atoms with van der Waals surface area (Å²) in [6, 6.07) is 12.8. The molecule has 1 amide bonds. The van der Waals surface area contributed by atoms with Crippen molar-refractivity contribution in [2.45, 2.75) is 17.4 Å². The lowest BCUT2D eigenvalue weighted by molar-refractivity contribution is -0.141. The van der Waals surface area contributed by atoms with E-state index in [2.05, 4.69) is 5.32 Å². The number of carbonyl (C=O) groups excluding carboxylic acids is 1. The quantitative estimate of drug-likeness (QED) is 0.763. The van der Waals surface area contributed by atoms with Gasteiger partial charge in [-0.2, -0.15) is 0 Å². The van der Waals surface area contributed by atoms with Crippen molar-refractivity contribution < 1.29 is 23.1 Å². The number of hydrogen-bond donors (Lipinski definition) is 2. The highest BCUT2D eigenvalue weighted by Crippen LogP contribution is 2.12. The number of carbonyl (C=O) groups is 2. The molecule has 0 aromatic heterocycles. The highest BCUT2D eigenvalue weighted by Gasteiger charge is 2.24. The predicted octanol–water partition coefficient (Wildman–Crippen LogP) is 1.93. The van der Waals surface area contributed by atoms with Crippen LogP contribution in [0.25, 0.3) is 0 Å². The topological polar surface area (TPSA) is 101 Å². The molecule has 6 nitrogen and oxygen atoms in total. The monoisotopic (exact) mass is 381 g/mol. The second-order valence-corrected chi connectivity index (χ2v) is 7.79. The van der Waals surface area contributed by atoms with Gasteiger partial charge in [-0.3, -0.25) is 4.79 Å². The minimum Gasteiger partial charge on any atom is -0.480 e. The number of nitrogens with one attached hydrogen (secondary N) is 1. The van der Waals surface area contributed by atoms with Gasteiger partial charge in [-0.1, -0.05) is 41.9 Å². The smallest absolute Gasteiger partial charge is 0.326 e. The van der Waals surface area contributed by atoms with E-state index in [9.17, 15) is 23.1 Å². The number of benzene rings is 2. The van der Waals surface area contributed by atoms with E-state index in [1.165, 1.54) is 12.1 Å². The standard InChI is InChI=1S/C17H16ClNO5S/c18-13-8-6-12(7-9-13)10-15(17(21)22)19-16(20)11-25(23,24)14-4-2-1-3-5-14/h1-9,15H,10-11H2,(H,19,20)(H,21,22)/t15-/m0/s1. The van der Waals surface area contributed by atoms with Crippen molar-refractivity contribution in [3.05, 3.63) is 65.2 Å². The van der Waals surface area contributed by atoms with Gasteiger partial charge in [0.2, 0.25) is 5.91 Å². The van der Waals surface area contributed by atoms with Gasteiger partial charge >= 0.3 is 5.97 Å². The minimum absolute atomic E-state index is 0.00901. The normalized spacial score (nSPS) is 12.4. The first-order chi connectivity index (χ1) is 11.8. The Labute approximate surface area is 150 Å². The van der Waals surface area contributed by atoms with Crippen LogP contribution < -0.4 is 5.32 Å². The van der Waals surface area contributed by atoms with Crippen molar-refractivity contribution >= 4 is 33.3 Å². The third-order valence-corrected chi connectivity index (χ3v) is 5.29. The van der Waals surface area contributed by atoms with Crippen LogP contribution in [0.4, 0.5) is 0 Å². The molecule has 2 aromatic rings. The largest absolute Gasteiger partial charge is 0.480 e. The molecule has 132 valence electrons. The Hall–Kier alpha value is -2.38. The fraction of sp³-hybridized carbons (Fsp3) is 0.176. The number of carboxylic acids is 1. The van der Waals surface area contributed by atoms with Gasteiger partial charge in [0, 0.05) is 11.4 Å². The summed E-state index contributed by atoms with van der Waals surface area (Å²) in [7, 11) is -3.83. The Morgan fingerprint density at radius 3 is 2.20 bits per heavy atom. The third kappa shape index (κ3) is 5.58. The third-order valence-electron chi connectivity index (χ3n) is 3.41. The maximum atomic E-state index is 12.2. The number of amides is 1. The number of hydrogen-bond acceptors (Lipinski definition) is 4. The van der Waals surface area contributed by atoms with Crippen LogP contribution in [0, 0.1) is 0 Å². The Morgan fingerprint density at radius 1 is 1.04 bits per heavy atom. The summed E-state index contributed by atoms with van der Waals surface area (Å²) in [6.07, 6.45) is 0.0175. The summed E-state index contributed by atoms with van der Waals surface area (Å²) in [6.45, 7) is 0. The van der Waals surface area contributed by atoms with Gasteiger partial charge in [-0.15, -0.1) is 0 Å². The fourth-order valence-electron chi connectivity index (χ4n) is 2.18.